The topological polar surface area (TPSA) is 24.1 Å². The lowest BCUT2D eigenvalue weighted by Gasteiger charge is -2.07. The molecule has 19 heavy (non-hydrogen) atoms. The summed E-state index contributed by atoms with van der Waals surface area (Å²) in [6.45, 7) is 0.914. The van der Waals surface area contributed by atoms with Gasteiger partial charge in [0.25, 0.3) is 0 Å². The summed E-state index contributed by atoms with van der Waals surface area (Å²) in [4.78, 5) is 0. The molecule has 0 radical (unpaired) electrons. The summed E-state index contributed by atoms with van der Waals surface area (Å²) in [6.07, 6.45) is 0. The molecule has 0 unspecified atom stereocenters. The minimum atomic E-state index is -0.420. The van der Waals surface area contributed by atoms with Crippen molar-refractivity contribution in [3.63, 3.8) is 0 Å². The van der Waals surface area contributed by atoms with E-state index in [9.17, 15) is 8.78 Å². The summed E-state index contributed by atoms with van der Waals surface area (Å²) in [5.41, 5.74) is 2.47. The third-order valence-electron chi connectivity index (χ3n) is 2.89. The molecule has 0 heterocycles. The number of nitrogens with one attached hydrogen (secondary N) is 2. The number of anilines is 1. The molecular weight excluding hydrogens is 246 g/mol. The van der Waals surface area contributed by atoms with Crippen molar-refractivity contribution in [2.45, 2.75) is 13.1 Å². The van der Waals surface area contributed by atoms with Gasteiger partial charge in [-0.2, -0.15) is 0 Å². The fourth-order valence-corrected chi connectivity index (χ4v) is 1.81. The van der Waals surface area contributed by atoms with Gasteiger partial charge in [-0.05, 0) is 35.9 Å². The molecule has 0 saturated carbocycles. The number of hydrogen-bond donors (Lipinski definition) is 2. The summed E-state index contributed by atoms with van der Waals surface area (Å²) in [7, 11) is 1.86. The highest BCUT2D eigenvalue weighted by Crippen LogP contribution is 2.11. The Morgan fingerprint density at radius 2 is 1.68 bits per heavy atom. The largest absolute Gasteiger partial charge is 0.388 e. The molecule has 4 heteroatoms. The maximum atomic E-state index is 13.4. The molecule has 0 spiro atoms. The van der Waals surface area contributed by atoms with E-state index >= 15 is 0 Å². The average Bonchev–Trinajstić information content (AvgIpc) is 2.43. The van der Waals surface area contributed by atoms with E-state index in [0.717, 1.165) is 23.4 Å². The van der Waals surface area contributed by atoms with E-state index in [1.807, 2.05) is 31.3 Å². The molecule has 0 fully saturated rings. The molecule has 2 aromatic rings. The molecule has 0 saturated heterocycles. The van der Waals surface area contributed by atoms with Gasteiger partial charge in [-0.3, -0.25) is 0 Å². The van der Waals surface area contributed by atoms with Crippen LogP contribution in [0.5, 0.6) is 0 Å². The zero-order chi connectivity index (χ0) is 13.7. The second-order valence-corrected chi connectivity index (χ2v) is 4.29. The second kappa shape index (κ2) is 6.29. The van der Waals surface area contributed by atoms with Crippen molar-refractivity contribution in [1.29, 1.82) is 0 Å². The smallest absolute Gasteiger partial charge is 0.127 e. The van der Waals surface area contributed by atoms with Crippen LogP contribution in [0.2, 0.25) is 0 Å². The first-order valence-electron chi connectivity index (χ1n) is 6.10. The number of rotatable bonds is 5. The standard InChI is InChI=1S/C15H16F2N2/c1-18-14-5-2-11(3-6-14)9-19-10-12-8-13(16)4-7-15(12)17/h2-8,18-19H,9-10H2,1H3. The molecule has 2 rings (SSSR count). The molecule has 0 bridgehead atoms. The van der Waals surface area contributed by atoms with E-state index < -0.39 is 5.82 Å². The lowest BCUT2D eigenvalue weighted by atomic mass is 10.2. The molecule has 2 nitrogen and oxygen atoms in total. The maximum Gasteiger partial charge on any atom is 0.127 e. The van der Waals surface area contributed by atoms with Crippen LogP contribution in [0, 0.1) is 11.6 Å². The number of halogens is 2. The molecule has 2 N–H and O–H groups in total. The minimum absolute atomic E-state index is 0.303. The summed E-state index contributed by atoms with van der Waals surface area (Å²) in [5, 5.41) is 6.13. The van der Waals surface area contributed by atoms with Gasteiger partial charge >= 0.3 is 0 Å². The SMILES string of the molecule is CNc1ccc(CNCc2cc(F)ccc2F)cc1. The quantitative estimate of drug-likeness (QED) is 0.864. The van der Waals surface area contributed by atoms with Crippen molar-refractivity contribution in [2.75, 3.05) is 12.4 Å². The Hall–Kier alpha value is -1.94. The van der Waals surface area contributed by atoms with Crippen LogP contribution in [0.1, 0.15) is 11.1 Å². The third kappa shape index (κ3) is 3.76. The highest BCUT2D eigenvalue weighted by atomic mass is 19.1. The molecule has 0 atom stereocenters. The van der Waals surface area contributed by atoms with Gasteiger partial charge in [0.1, 0.15) is 11.6 Å². The van der Waals surface area contributed by atoms with Crippen LogP contribution in [0.3, 0.4) is 0 Å². The van der Waals surface area contributed by atoms with Gasteiger partial charge in [0.15, 0.2) is 0 Å². The first-order valence-corrected chi connectivity index (χ1v) is 6.10. The van der Waals surface area contributed by atoms with Gasteiger partial charge in [0.2, 0.25) is 0 Å². The zero-order valence-corrected chi connectivity index (χ0v) is 10.7. The molecule has 100 valence electrons. The van der Waals surface area contributed by atoms with Crippen LogP contribution < -0.4 is 10.6 Å². The number of hydrogen-bond acceptors (Lipinski definition) is 2. The Labute approximate surface area is 111 Å². The van der Waals surface area contributed by atoms with Crippen molar-refractivity contribution in [2.24, 2.45) is 0 Å². The van der Waals surface area contributed by atoms with Crippen molar-refractivity contribution in [1.82, 2.24) is 5.32 Å². The van der Waals surface area contributed by atoms with E-state index in [2.05, 4.69) is 10.6 Å². The lowest BCUT2D eigenvalue weighted by molar-refractivity contribution is 0.568. The molecule has 0 aliphatic heterocycles. The normalized spacial score (nSPS) is 10.5. The predicted molar refractivity (Wildman–Crippen MR) is 72.9 cm³/mol. The van der Waals surface area contributed by atoms with Crippen molar-refractivity contribution in [3.05, 3.63) is 65.2 Å². The van der Waals surface area contributed by atoms with E-state index in [1.54, 1.807) is 0 Å². The Morgan fingerprint density at radius 1 is 0.947 bits per heavy atom. The molecule has 0 aliphatic carbocycles. The molecule has 0 amide bonds. The van der Waals surface area contributed by atoms with Crippen molar-refractivity contribution < 1.29 is 8.78 Å². The first kappa shape index (κ1) is 13.5. The monoisotopic (exact) mass is 262 g/mol. The average molecular weight is 262 g/mol. The van der Waals surface area contributed by atoms with Crippen LogP contribution in [-0.2, 0) is 13.1 Å². The molecule has 0 aliphatic rings. The summed E-state index contributed by atoms with van der Waals surface area (Å²) >= 11 is 0. The van der Waals surface area contributed by atoms with Gasteiger partial charge in [0, 0.05) is 31.4 Å². The van der Waals surface area contributed by atoms with Crippen LogP contribution in [-0.4, -0.2) is 7.05 Å². The minimum Gasteiger partial charge on any atom is -0.388 e. The highest BCUT2D eigenvalue weighted by Gasteiger charge is 2.03. The third-order valence-corrected chi connectivity index (χ3v) is 2.89. The first-order chi connectivity index (χ1) is 9.19. The van der Waals surface area contributed by atoms with Crippen LogP contribution in [0.25, 0.3) is 0 Å². The molecule has 0 aromatic heterocycles. The van der Waals surface area contributed by atoms with E-state index in [4.69, 9.17) is 0 Å². The summed E-state index contributed by atoms with van der Waals surface area (Å²) in [5.74, 6) is -0.809. The fourth-order valence-electron chi connectivity index (χ4n) is 1.81. The highest BCUT2D eigenvalue weighted by molar-refractivity contribution is 5.43. The van der Waals surface area contributed by atoms with Crippen molar-refractivity contribution in [3.8, 4) is 0 Å². The van der Waals surface area contributed by atoms with E-state index in [-0.39, 0.29) is 5.82 Å². The Morgan fingerprint density at radius 3 is 2.37 bits per heavy atom. The lowest BCUT2D eigenvalue weighted by Crippen LogP contribution is -2.13. The van der Waals surface area contributed by atoms with E-state index in [0.29, 0.717) is 18.7 Å². The summed E-state index contributed by atoms with van der Waals surface area (Å²) < 4.78 is 26.4. The Bertz CT molecular complexity index is 538. The van der Waals surface area contributed by atoms with Gasteiger partial charge in [-0.1, -0.05) is 12.1 Å². The van der Waals surface area contributed by atoms with Gasteiger partial charge < -0.3 is 10.6 Å². The maximum absolute atomic E-state index is 13.4. The number of benzene rings is 2. The fraction of sp³-hybridized carbons (Fsp3) is 0.200. The van der Waals surface area contributed by atoms with Crippen molar-refractivity contribution >= 4 is 5.69 Å². The zero-order valence-electron chi connectivity index (χ0n) is 10.7. The Balaban J connectivity index is 1.90. The Kier molecular flexibility index (Phi) is 4.47. The van der Waals surface area contributed by atoms with Crippen LogP contribution in [0.4, 0.5) is 14.5 Å². The van der Waals surface area contributed by atoms with Gasteiger partial charge in [-0.25, -0.2) is 8.78 Å². The predicted octanol–water partition coefficient (Wildman–Crippen LogP) is 3.30. The molecular formula is C15H16F2N2. The summed E-state index contributed by atoms with van der Waals surface area (Å²) in [6, 6.07) is 11.4. The second-order valence-electron chi connectivity index (χ2n) is 4.29. The van der Waals surface area contributed by atoms with Gasteiger partial charge in [0.05, 0.1) is 0 Å². The van der Waals surface area contributed by atoms with Gasteiger partial charge in [-0.15, -0.1) is 0 Å². The van der Waals surface area contributed by atoms with E-state index in [1.165, 1.54) is 6.07 Å². The van der Waals surface area contributed by atoms with Crippen LogP contribution >= 0.6 is 0 Å². The molecule has 2 aromatic carbocycles. The van der Waals surface area contributed by atoms with Crippen LogP contribution in [0.15, 0.2) is 42.5 Å².